The zero-order chi connectivity index (χ0) is 17.0. The third-order valence-corrected chi connectivity index (χ3v) is 4.71. The first kappa shape index (κ1) is 16.1. The Morgan fingerprint density at radius 3 is 2.21 bits per heavy atom. The summed E-state index contributed by atoms with van der Waals surface area (Å²) in [4.78, 5) is 0.00363. The van der Waals surface area contributed by atoms with Gasteiger partial charge in [-0.05, 0) is 60.7 Å². The van der Waals surface area contributed by atoms with Crippen LogP contribution < -0.4 is 10.0 Å². The van der Waals surface area contributed by atoms with Crippen LogP contribution in [-0.4, -0.2) is 8.42 Å². The zero-order valence-corrected chi connectivity index (χ0v) is 13.4. The predicted molar refractivity (Wildman–Crippen MR) is 89.7 cm³/mol. The Morgan fingerprint density at radius 1 is 0.917 bits per heavy atom. The standard InChI is InChI=1S/C17H15FN2O3S/c18-13-3-9-17(10-4-13)24(21,22)20-15-7-5-14(6-8-15)19-12-16-2-1-11-23-16/h1-11,19-20H,12H2. The van der Waals surface area contributed by atoms with Crippen molar-refractivity contribution in [1.29, 1.82) is 0 Å². The van der Waals surface area contributed by atoms with E-state index in [2.05, 4.69) is 10.0 Å². The fourth-order valence-electron chi connectivity index (χ4n) is 2.09. The van der Waals surface area contributed by atoms with Crippen LogP contribution in [0.1, 0.15) is 5.76 Å². The lowest BCUT2D eigenvalue weighted by atomic mass is 10.3. The Balaban J connectivity index is 1.66. The number of anilines is 2. The largest absolute Gasteiger partial charge is 0.467 e. The van der Waals surface area contributed by atoms with E-state index >= 15 is 0 Å². The highest BCUT2D eigenvalue weighted by Crippen LogP contribution is 2.19. The summed E-state index contributed by atoms with van der Waals surface area (Å²) >= 11 is 0. The molecule has 0 unspecified atom stereocenters. The SMILES string of the molecule is O=S(=O)(Nc1ccc(NCc2ccco2)cc1)c1ccc(F)cc1. The number of nitrogens with one attached hydrogen (secondary N) is 2. The van der Waals surface area contributed by atoms with Crippen molar-refractivity contribution in [1.82, 2.24) is 0 Å². The number of halogens is 1. The van der Waals surface area contributed by atoms with Gasteiger partial charge in [0.15, 0.2) is 0 Å². The summed E-state index contributed by atoms with van der Waals surface area (Å²) in [6, 6.07) is 15.1. The van der Waals surface area contributed by atoms with Crippen molar-refractivity contribution in [3.63, 3.8) is 0 Å². The lowest BCUT2D eigenvalue weighted by Gasteiger charge is -2.09. The summed E-state index contributed by atoms with van der Waals surface area (Å²) in [6.45, 7) is 0.535. The van der Waals surface area contributed by atoms with E-state index in [1.807, 2.05) is 12.1 Å². The maximum absolute atomic E-state index is 12.9. The molecule has 0 aliphatic heterocycles. The molecule has 3 rings (SSSR count). The van der Waals surface area contributed by atoms with E-state index in [-0.39, 0.29) is 4.90 Å². The molecule has 24 heavy (non-hydrogen) atoms. The van der Waals surface area contributed by atoms with Gasteiger partial charge in [0.2, 0.25) is 0 Å². The van der Waals surface area contributed by atoms with Crippen LogP contribution in [0.25, 0.3) is 0 Å². The number of hydrogen-bond donors (Lipinski definition) is 2. The van der Waals surface area contributed by atoms with Crippen LogP contribution in [-0.2, 0) is 16.6 Å². The van der Waals surface area contributed by atoms with Crippen LogP contribution in [0.2, 0.25) is 0 Å². The van der Waals surface area contributed by atoms with Gasteiger partial charge >= 0.3 is 0 Å². The highest BCUT2D eigenvalue weighted by molar-refractivity contribution is 7.92. The van der Waals surface area contributed by atoms with Gasteiger partial charge in [0.1, 0.15) is 11.6 Å². The number of benzene rings is 2. The third kappa shape index (κ3) is 3.94. The smallest absolute Gasteiger partial charge is 0.261 e. The van der Waals surface area contributed by atoms with Gasteiger partial charge in [-0.3, -0.25) is 4.72 Å². The molecule has 0 radical (unpaired) electrons. The van der Waals surface area contributed by atoms with E-state index in [1.165, 1.54) is 12.1 Å². The molecule has 1 aromatic heterocycles. The van der Waals surface area contributed by atoms with Crippen LogP contribution in [0.5, 0.6) is 0 Å². The zero-order valence-electron chi connectivity index (χ0n) is 12.6. The Labute approximate surface area is 139 Å². The molecule has 0 bridgehead atoms. The van der Waals surface area contributed by atoms with Crippen LogP contribution in [0.15, 0.2) is 76.2 Å². The monoisotopic (exact) mass is 346 g/mol. The molecule has 124 valence electrons. The van der Waals surface area contributed by atoms with Gasteiger partial charge in [0, 0.05) is 11.4 Å². The first-order valence-electron chi connectivity index (χ1n) is 7.18. The van der Waals surface area contributed by atoms with Gasteiger partial charge in [-0.2, -0.15) is 0 Å². The maximum atomic E-state index is 12.9. The average molecular weight is 346 g/mol. The molecule has 3 aromatic rings. The van der Waals surface area contributed by atoms with Gasteiger partial charge in [0.25, 0.3) is 10.0 Å². The first-order chi connectivity index (χ1) is 11.5. The summed E-state index contributed by atoms with van der Waals surface area (Å²) in [5.74, 6) is 0.317. The van der Waals surface area contributed by atoms with Gasteiger partial charge in [-0.25, -0.2) is 12.8 Å². The third-order valence-electron chi connectivity index (χ3n) is 3.31. The normalized spacial score (nSPS) is 11.2. The number of furan rings is 1. The quantitative estimate of drug-likeness (QED) is 0.711. The summed E-state index contributed by atoms with van der Waals surface area (Å²) in [7, 11) is -3.74. The highest BCUT2D eigenvalue weighted by Gasteiger charge is 2.14. The molecule has 0 saturated heterocycles. The molecule has 5 nitrogen and oxygen atoms in total. The highest BCUT2D eigenvalue weighted by atomic mass is 32.2. The molecule has 2 aromatic carbocycles. The molecule has 0 aliphatic carbocycles. The van der Waals surface area contributed by atoms with E-state index in [1.54, 1.807) is 30.5 Å². The minimum Gasteiger partial charge on any atom is -0.467 e. The Bertz CT molecular complexity index is 890. The van der Waals surface area contributed by atoms with E-state index < -0.39 is 15.8 Å². The predicted octanol–water partition coefficient (Wildman–Crippen LogP) is 3.83. The minimum absolute atomic E-state index is 0.00363. The Kier molecular flexibility index (Phi) is 4.52. The van der Waals surface area contributed by atoms with Crippen molar-refractivity contribution in [2.24, 2.45) is 0 Å². The van der Waals surface area contributed by atoms with E-state index in [4.69, 9.17) is 4.42 Å². The number of sulfonamides is 1. The van der Waals surface area contributed by atoms with Crippen molar-refractivity contribution < 1.29 is 17.2 Å². The molecule has 0 amide bonds. The molecular weight excluding hydrogens is 331 g/mol. The lowest BCUT2D eigenvalue weighted by Crippen LogP contribution is -2.12. The second-order valence-electron chi connectivity index (χ2n) is 5.07. The fourth-order valence-corrected chi connectivity index (χ4v) is 3.14. The Hall–Kier alpha value is -2.80. The van der Waals surface area contributed by atoms with Crippen molar-refractivity contribution in [2.75, 3.05) is 10.0 Å². The summed E-state index contributed by atoms with van der Waals surface area (Å²) in [5.41, 5.74) is 1.25. The van der Waals surface area contributed by atoms with Crippen LogP contribution in [0.4, 0.5) is 15.8 Å². The summed E-state index contributed by atoms with van der Waals surface area (Å²) < 4.78 is 45.0. The van der Waals surface area contributed by atoms with Crippen LogP contribution >= 0.6 is 0 Å². The number of rotatable bonds is 6. The van der Waals surface area contributed by atoms with Crippen molar-refractivity contribution in [3.05, 3.63) is 78.5 Å². The molecule has 7 heteroatoms. The van der Waals surface area contributed by atoms with Crippen molar-refractivity contribution in [3.8, 4) is 0 Å². The molecule has 1 heterocycles. The van der Waals surface area contributed by atoms with E-state index in [0.29, 0.717) is 12.2 Å². The average Bonchev–Trinajstić information content (AvgIpc) is 3.08. The molecule has 0 saturated carbocycles. The second-order valence-corrected chi connectivity index (χ2v) is 6.75. The van der Waals surface area contributed by atoms with Gasteiger partial charge in [0.05, 0.1) is 17.7 Å². The summed E-state index contributed by atoms with van der Waals surface area (Å²) in [6.07, 6.45) is 1.60. The molecule has 0 aliphatic rings. The van der Waals surface area contributed by atoms with Gasteiger partial charge in [-0.1, -0.05) is 0 Å². The molecule has 0 spiro atoms. The minimum atomic E-state index is -3.74. The fraction of sp³-hybridized carbons (Fsp3) is 0.0588. The van der Waals surface area contributed by atoms with E-state index in [9.17, 15) is 12.8 Å². The molecule has 0 atom stereocenters. The maximum Gasteiger partial charge on any atom is 0.261 e. The molecular formula is C17H15FN2O3S. The number of hydrogen-bond acceptors (Lipinski definition) is 4. The van der Waals surface area contributed by atoms with Crippen LogP contribution in [0, 0.1) is 5.82 Å². The van der Waals surface area contributed by atoms with Gasteiger partial charge in [-0.15, -0.1) is 0 Å². The second kappa shape index (κ2) is 6.76. The van der Waals surface area contributed by atoms with Crippen molar-refractivity contribution >= 4 is 21.4 Å². The van der Waals surface area contributed by atoms with E-state index in [0.717, 1.165) is 23.6 Å². The Morgan fingerprint density at radius 2 is 1.58 bits per heavy atom. The topological polar surface area (TPSA) is 71.3 Å². The molecule has 2 N–H and O–H groups in total. The van der Waals surface area contributed by atoms with Crippen LogP contribution in [0.3, 0.4) is 0 Å². The van der Waals surface area contributed by atoms with Gasteiger partial charge < -0.3 is 9.73 Å². The first-order valence-corrected chi connectivity index (χ1v) is 8.66. The summed E-state index contributed by atoms with van der Waals surface area (Å²) in [5, 5.41) is 3.16. The lowest BCUT2D eigenvalue weighted by molar-refractivity contribution is 0.518. The molecule has 0 fully saturated rings. The van der Waals surface area contributed by atoms with Crippen molar-refractivity contribution in [2.45, 2.75) is 11.4 Å².